The van der Waals surface area contributed by atoms with Gasteiger partial charge < -0.3 is 9.64 Å². The lowest BCUT2D eigenvalue weighted by atomic mass is 9.98. The number of carbonyl (C=O) groups excluding carboxylic acids is 1. The van der Waals surface area contributed by atoms with E-state index in [1.54, 1.807) is 4.90 Å². The number of rotatable bonds is 7. The summed E-state index contributed by atoms with van der Waals surface area (Å²) in [5, 5.41) is 1.70. The summed E-state index contributed by atoms with van der Waals surface area (Å²) in [7, 11) is 0. The lowest BCUT2D eigenvalue weighted by Crippen LogP contribution is -2.34. The van der Waals surface area contributed by atoms with E-state index < -0.39 is 0 Å². The van der Waals surface area contributed by atoms with Gasteiger partial charge in [0.25, 0.3) is 5.91 Å². The van der Waals surface area contributed by atoms with Gasteiger partial charge >= 0.3 is 0 Å². The Bertz CT molecular complexity index is 1220. The standard InChI is InChI=1S/C27H25ClN2O2/c1-3-30(4-2)27(31)18-32-22-13-10-20(11-14-22)26-17-23(19-8-6-5-7-9-19)24-16-21(28)12-15-25(24)29-26/h5-17H,3-4,18H2,1-2H3. The maximum Gasteiger partial charge on any atom is 0.260 e. The van der Waals surface area contributed by atoms with Gasteiger partial charge in [0.15, 0.2) is 6.61 Å². The molecule has 32 heavy (non-hydrogen) atoms. The fraction of sp³-hybridized carbons (Fsp3) is 0.185. The molecule has 0 unspecified atom stereocenters. The molecule has 1 aromatic heterocycles. The molecule has 0 aliphatic rings. The van der Waals surface area contributed by atoms with E-state index in [0.29, 0.717) is 23.9 Å². The molecule has 5 heteroatoms. The molecule has 1 heterocycles. The third-order valence-corrected chi connectivity index (χ3v) is 5.72. The van der Waals surface area contributed by atoms with Gasteiger partial charge in [0, 0.05) is 29.1 Å². The number of amides is 1. The van der Waals surface area contributed by atoms with Gasteiger partial charge in [0.2, 0.25) is 0 Å². The number of carbonyl (C=O) groups is 1. The number of nitrogens with zero attached hydrogens (tertiary/aromatic N) is 2. The first-order chi connectivity index (χ1) is 15.6. The van der Waals surface area contributed by atoms with Gasteiger partial charge in [-0.1, -0.05) is 41.9 Å². The summed E-state index contributed by atoms with van der Waals surface area (Å²) >= 11 is 6.27. The second-order valence-electron chi connectivity index (χ2n) is 7.46. The van der Waals surface area contributed by atoms with Crippen molar-refractivity contribution in [3.63, 3.8) is 0 Å². The van der Waals surface area contributed by atoms with E-state index in [1.807, 2.05) is 74.5 Å². The summed E-state index contributed by atoms with van der Waals surface area (Å²) < 4.78 is 5.69. The second kappa shape index (κ2) is 9.84. The fourth-order valence-electron chi connectivity index (χ4n) is 3.74. The molecule has 4 rings (SSSR count). The van der Waals surface area contributed by atoms with Gasteiger partial charge in [-0.3, -0.25) is 4.79 Å². The number of halogens is 1. The molecule has 0 aliphatic heterocycles. The van der Waals surface area contributed by atoms with Crippen molar-refractivity contribution in [2.75, 3.05) is 19.7 Å². The van der Waals surface area contributed by atoms with Crippen LogP contribution in [0.4, 0.5) is 0 Å². The Labute approximate surface area is 193 Å². The first kappa shape index (κ1) is 21.8. The van der Waals surface area contributed by atoms with E-state index in [4.69, 9.17) is 21.3 Å². The van der Waals surface area contributed by atoms with Crippen LogP contribution in [0.15, 0.2) is 78.9 Å². The molecule has 0 saturated heterocycles. The third-order valence-electron chi connectivity index (χ3n) is 5.48. The molecule has 0 radical (unpaired) electrons. The summed E-state index contributed by atoms with van der Waals surface area (Å²) in [6, 6.07) is 25.8. The van der Waals surface area contributed by atoms with Crippen LogP contribution in [0.5, 0.6) is 5.75 Å². The monoisotopic (exact) mass is 444 g/mol. The highest BCUT2D eigenvalue weighted by atomic mass is 35.5. The van der Waals surface area contributed by atoms with Crippen molar-refractivity contribution in [3.8, 4) is 28.1 Å². The normalized spacial score (nSPS) is 10.8. The van der Waals surface area contributed by atoms with Crippen molar-refractivity contribution in [1.82, 2.24) is 9.88 Å². The summed E-state index contributed by atoms with van der Waals surface area (Å²) in [6.07, 6.45) is 0. The van der Waals surface area contributed by atoms with Crippen molar-refractivity contribution < 1.29 is 9.53 Å². The predicted octanol–water partition coefficient (Wildman–Crippen LogP) is 6.47. The van der Waals surface area contributed by atoms with E-state index in [0.717, 1.165) is 33.3 Å². The minimum absolute atomic E-state index is 0.0126. The Kier molecular flexibility index (Phi) is 6.72. The van der Waals surface area contributed by atoms with E-state index >= 15 is 0 Å². The van der Waals surface area contributed by atoms with Crippen molar-refractivity contribution in [2.45, 2.75) is 13.8 Å². The molecule has 0 aliphatic carbocycles. The highest BCUT2D eigenvalue weighted by Crippen LogP contribution is 2.33. The van der Waals surface area contributed by atoms with Crippen molar-refractivity contribution in [2.24, 2.45) is 0 Å². The largest absolute Gasteiger partial charge is 0.484 e. The summed E-state index contributed by atoms with van der Waals surface area (Å²) in [4.78, 5) is 18.8. The Hall–Kier alpha value is -3.37. The lowest BCUT2D eigenvalue weighted by molar-refractivity contribution is -0.132. The Morgan fingerprint density at radius 3 is 2.31 bits per heavy atom. The van der Waals surface area contributed by atoms with Crippen LogP contribution in [-0.4, -0.2) is 35.5 Å². The highest BCUT2D eigenvalue weighted by molar-refractivity contribution is 6.31. The topological polar surface area (TPSA) is 42.4 Å². The Morgan fingerprint density at radius 1 is 0.906 bits per heavy atom. The van der Waals surface area contributed by atoms with Crippen LogP contribution in [0.1, 0.15) is 13.8 Å². The predicted molar refractivity (Wildman–Crippen MR) is 131 cm³/mol. The van der Waals surface area contributed by atoms with E-state index in [1.165, 1.54) is 0 Å². The molecule has 3 aromatic carbocycles. The minimum Gasteiger partial charge on any atom is -0.484 e. The van der Waals surface area contributed by atoms with Gasteiger partial charge in [-0.05, 0) is 73.5 Å². The zero-order chi connectivity index (χ0) is 22.5. The smallest absolute Gasteiger partial charge is 0.260 e. The number of benzene rings is 3. The molecule has 0 spiro atoms. The minimum atomic E-state index is -0.0126. The molecule has 4 nitrogen and oxygen atoms in total. The average Bonchev–Trinajstić information content (AvgIpc) is 2.84. The van der Waals surface area contributed by atoms with Crippen molar-refractivity contribution in [1.29, 1.82) is 0 Å². The van der Waals surface area contributed by atoms with Gasteiger partial charge in [0.1, 0.15) is 5.75 Å². The zero-order valence-corrected chi connectivity index (χ0v) is 19.0. The molecule has 162 valence electrons. The zero-order valence-electron chi connectivity index (χ0n) is 18.2. The van der Waals surface area contributed by atoms with Crippen LogP contribution in [0.25, 0.3) is 33.3 Å². The molecule has 0 bridgehead atoms. The van der Waals surface area contributed by atoms with Gasteiger partial charge in [-0.25, -0.2) is 4.98 Å². The van der Waals surface area contributed by atoms with Gasteiger partial charge in [-0.2, -0.15) is 0 Å². The third kappa shape index (κ3) is 4.76. The number of likely N-dealkylation sites (N-methyl/N-ethyl adjacent to an activating group) is 1. The fourth-order valence-corrected chi connectivity index (χ4v) is 3.91. The molecule has 0 atom stereocenters. The molecule has 4 aromatic rings. The first-order valence-corrected chi connectivity index (χ1v) is 11.1. The number of aromatic nitrogens is 1. The molecule has 0 saturated carbocycles. The van der Waals surface area contributed by atoms with Crippen molar-refractivity contribution >= 4 is 28.4 Å². The van der Waals surface area contributed by atoms with Crippen LogP contribution in [0.3, 0.4) is 0 Å². The van der Waals surface area contributed by atoms with Crippen LogP contribution < -0.4 is 4.74 Å². The molecular formula is C27H25ClN2O2. The number of ether oxygens (including phenoxy) is 1. The van der Waals surface area contributed by atoms with Gasteiger partial charge in [-0.15, -0.1) is 0 Å². The van der Waals surface area contributed by atoms with Gasteiger partial charge in [0.05, 0.1) is 11.2 Å². The Balaban J connectivity index is 1.64. The maximum absolute atomic E-state index is 12.2. The number of fused-ring (bicyclic) bond motifs is 1. The van der Waals surface area contributed by atoms with Crippen molar-refractivity contribution in [3.05, 3.63) is 83.9 Å². The second-order valence-corrected chi connectivity index (χ2v) is 7.90. The average molecular weight is 445 g/mol. The number of pyridine rings is 1. The summed E-state index contributed by atoms with van der Waals surface area (Å²) in [5.41, 5.74) is 4.92. The first-order valence-electron chi connectivity index (χ1n) is 10.8. The van der Waals surface area contributed by atoms with E-state index in [9.17, 15) is 4.79 Å². The number of hydrogen-bond donors (Lipinski definition) is 0. The number of hydrogen-bond acceptors (Lipinski definition) is 3. The lowest BCUT2D eigenvalue weighted by Gasteiger charge is -2.18. The molecular weight excluding hydrogens is 420 g/mol. The highest BCUT2D eigenvalue weighted by Gasteiger charge is 2.12. The van der Waals surface area contributed by atoms with E-state index in [-0.39, 0.29) is 12.5 Å². The molecule has 0 N–H and O–H groups in total. The van der Waals surface area contributed by atoms with E-state index in [2.05, 4.69) is 18.2 Å². The Morgan fingerprint density at radius 2 is 1.62 bits per heavy atom. The maximum atomic E-state index is 12.2. The van der Waals surface area contributed by atoms with Crippen LogP contribution in [0.2, 0.25) is 5.02 Å². The quantitative estimate of drug-likeness (QED) is 0.328. The summed E-state index contributed by atoms with van der Waals surface area (Å²) in [5.74, 6) is 0.645. The van der Waals surface area contributed by atoms with Crippen LogP contribution in [-0.2, 0) is 4.79 Å². The molecule has 0 fully saturated rings. The van der Waals surface area contributed by atoms with Crippen LogP contribution >= 0.6 is 11.6 Å². The SMILES string of the molecule is CCN(CC)C(=O)COc1ccc(-c2cc(-c3ccccc3)c3cc(Cl)ccc3n2)cc1. The molecule has 1 amide bonds. The summed E-state index contributed by atoms with van der Waals surface area (Å²) in [6.45, 7) is 5.32. The van der Waals surface area contributed by atoms with Crippen LogP contribution in [0, 0.1) is 0 Å².